The first kappa shape index (κ1) is 20.9. The zero-order valence-corrected chi connectivity index (χ0v) is 14.8. The molecule has 0 aliphatic carbocycles. The summed E-state index contributed by atoms with van der Waals surface area (Å²) in [6.07, 6.45) is 0.535. The Bertz CT molecular complexity index is 617. The Labute approximate surface area is 151 Å². The summed E-state index contributed by atoms with van der Waals surface area (Å²) in [5.74, 6) is -1.61. The maximum atomic E-state index is 12.3. The number of amides is 1. The SMILES string of the molecule is COC(=O)c1cc(NC(=O)[C@@H]2CC[C@H](CN)O2)cc(C(=O)OC)c1.Cl. The Morgan fingerprint density at radius 2 is 1.68 bits per heavy atom. The molecule has 0 radical (unpaired) electrons. The minimum Gasteiger partial charge on any atom is -0.465 e. The third kappa shape index (κ3) is 5.15. The number of esters is 2. The van der Waals surface area contributed by atoms with Crippen molar-refractivity contribution in [1.29, 1.82) is 0 Å². The van der Waals surface area contributed by atoms with E-state index in [1.807, 2.05) is 0 Å². The standard InChI is InChI=1S/C16H20N2O6.ClH/c1-22-15(20)9-5-10(16(21)23-2)7-11(6-9)18-14(19)13-4-3-12(8-17)24-13;/h5-7,12-13H,3-4,8,17H2,1-2H3,(H,18,19);1H/t12-,13+;/m1./s1. The lowest BCUT2D eigenvalue weighted by molar-refractivity contribution is -0.126. The highest BCUT2D eigenvalue weighted by Crippen LogP contribution is 2.22. The molecule has 1 heterocycles. The summed E-state index contributed by atoms with van der Waals surface area (Å²) in [5, 5.41) is 2.65. The van der Waals surface area contributed by atoms with Gasteiger partial charge in [0.25, 0.3) is 5.91 Å². The van der Waals surface area contributed by atoms with Crippen molar-refractivity contribution in [3.8, 4) is 0 Å². The van der Waals surface area contributed by atoms with Crippen molar-refractivity contribution in [1.82, 2.24) is 0 Å². The number of rotatable bonds is 5. The molecule has 0 bridgehead atoms. The predicted octanol–water partition coefficient (Wildman–Crippen LogP) is 1.13. The van der Waals surface area contributed by atoms with Gasteiger partial charge in [0.1, 0.15) is 6.10 Å². The number of carbonyl (C=O) groups is 3. The summed E-state index contributed by atoms with van der Waals surface area (Å²) in [5.41, 5.74) is 6.06. The molecule has 1 fully saturated rings. The van der Waals surface area contributed by atoms with Gasteiger partial charge in [0.2, 0.25) is 0 Å². The third-order valence-corrected chi connectivity index (χ3v) is 3.71. The number of nitrogens with two attached hydrogens (primary N) is 1. The minimum absolute atomic E-state index is 0. The van der Waals surface area contributed by atoms with Crippen LogP contribution in [0, 0.1) is 0 Å². The number of ether oxygens (including phenoxy) is 3. The molecule has 2 rings (SSSR count). The summed E-state index contributed by atoms with van der Waals surface area (Å²) in [4.78, 5) is 35.7. The van der Waals surface area contributed by atoms with Gasteiger partial charge in [0.05, 0.1) is 31.5 Å². The van der Waals surface area contributed by atoms with E-state index < -0.39 is 18.0 Å². The number of nitrogens with one attached hydrogen (secondary N) is 1. The van der Waals surface area contributed by atoms with E-state index in [0.717, 1.165) is 0 Å². The second kappa shape index (κ2) is 9.36. The Hall–Kier alpha value is -2.16. The fourth-order valence-electron chi connectivity index (χ4n) is 2.47. The van der Waals surface area contributed by atoms with Crippen LogP contribution in [0.4, 0.5) is 5.69 Å². The molecule has 0 saturated carbocycles. The monoisotopic (exact) mass is 372 g/mol. The maximum absolute atomic E-state index is 12.3. The fraction of sp³-hybridized carbons (Fsp3) is 0.438. The molecule has 2 atom stereocenters. The van der Waals surface area contributed by atoms with Crippen molar-refractivity contribution in [3.63, 3.8) is 0 Å². The lowest BCUT2D eigenvalue weighted by atomic mass is 10.1. The van der Waals surface area contributed by atoms with E-state index in [0.29, 0.717) is 19.4 Å². The van der Waals surface area contributed by atoms with Crippen LogP contribution in [0.25, 0.3) is 0 Å². The van der Waals surface area contributed by atoms with E-state index in [4.69, 9.17) is 10.5 Å². The largest absolute Gasteiger partial charge is 0.465 e. The molecule has 0 spiro atoms. The molecule has 1 saturated heterocycles. The van der Waals surface area contributed by atoms with Crippen molar-refractivity contribution < 1.29 is 28.6 Å². The molecule has 3 N–H and O–H groups in total. The normalized spacial score (nSPS) is 18.8. The molecule has 0 aromatic heterocycles. The van der Waals surface area contributed by atoms with Gasteiger partial charge in [-0.2, -0.15) is 0 Å². The van der Waals surface area contributed by atoms with Crippen LogP contribution in [0.15, 0.2) is 18.2 Å². The third-order valence-electron chi connectivity index (χ3n) is 3.71. The molecule has 25 heavy (non-hydrogen) atoms. The highest BCUT2D eigenvalue weighted by Gasteiger charge is 2.30. The van der Waals surface area contributed by atoms with Gasteiger partial charge in [0, 0.05) is 12.2 Å². The van der Waals surface area contributed by atoms with Crippen LogP contribution in [-0.2, 0) is 19.0 Å². The van der Waals surface area contributed by atoms with E-state index in [9.17, 15) is 14.4 Å². The summed E-state index contributed by atoms with van der Waals surface area (Å²) in [7, 11) is 2.45. The van der Waals surface area contributed by atoms with Gasteiger partial charge in [-0.15, -0.1) is 12.4 Å². The fourth-order valence-corrected chi connectivity index (χ4v) is 2.47. The summed E-state index contributed by atoms with van der Waals surface area (Å²) in [6.45, 7) is 0.355. The van der Waals surface area contributed by atoms with Crippen molar-refractivity contribution in [2.24, 2.45) is 5.73 Å². The maximum Gasteiger partial charge on any atom is 0.337 e. The van der Waals surface area contributed by atoms with Crippen LogP contribution < -0.4 is 11.1 Å². The number of hydrogen-bond donors (Lipinski definition) is 2. The van der Waals surface area contributed by atoms with Crippen LogP contribution in [-0.4, -0.2) is 50.8 Å². The van der Waals surface area contributed by atoms with Crippen LogP contribution in [0.5, 0.6) is 0 Å². The summed E-state index contributed by atoms with van der Waals surface area (Å²) in [6, 6.07) is 4.18. The Kier molecular flexibility index (Phi) is 7.82. The molecule has 138 valence electrons. The van der Waals surface area contributed by atoms with Crippen molar-refractivity contribution in [2.45, 2.75) is 25.0 Å². The highest BCUT2D eigenvalue weighted by molar-refractivity contribution is 6.00. The Balaban J connectivity index is 0.00000312. The second-order valence-corrected chi connectivity index (χ2v) is 5.33. The molecule has 1 aliphatic rings. The lowest BCUT2D eigenvalue weighted by Gasteiger charge is -2.14. The molecule has 1 amide bonds. The molecule has 1 aromatic carbocycles. The van der Waals surface area contributed by atoms with Crippen molar-refractivity contribution >= 4 is 35.9 Å². The number of anilines is 1. The number of methoxy groups -OCH3 is 2. The first-order valence-electron chi connectivity index (χ1n) is 7.46. The summed E-state index contributed by atoms with van der Waals surface area (Å²) >= 11 is 0. The smallest absolute Gasteiger partial charge is 0.337 e. The molecule has 9 heteroatoms. The molecular weight excluding hydrogens is 352 g/mol. The molecular formula is C16H21ClN2O6. The number of benzene rings is 1. The van der Waals surface area contributed by atoms with Crippen LogP contribution in [0.1, 0.15) is 33.6 Å². The minimum atomic E-state index is -0.628. The summed E-state index contributed by atoms with van der Waals surface area (Å²) < 4.78 is 14.8. The molecule has 1 aromatic rings. The van der Waals surface area contributed by atoms with Gasteiger partial charge in [-0.1, -0.05) is 0 Å². The van der Waals surface area contributed by atoms with E-state index in [1.165, 1.54) is 32.4 Å². The topological polar surface area (TPSA) is 117 Å². The zero-order valence-electron chi connectivity index (χ0n) is 13.9. The highest BCUT2D eigenvalue weighted by atomic mass is 35.5. The van der Waals surface area contributed by atoms with Crippen molar-refractivity contribution in [2.75, 3.05) is 26.1 Å². The average Bonchev–Trinajstić information content (AvgIpc) is 3.09. The van der Waals surface area contributed by atoms with Gasteiger partial charge < -0.3 is 25.3 Å². The van der Waals surface area contributed by atoms with Gasteiger partial charge >= 0.3 is 11.9 Å². The molecule has 0 unspecified atom stereocenters. The van der Waals surface area contributed by atoms with Crippen molar-refractivity contribution in [3.05, 3.63) is 29.3 Å². The second-order valence-electron chi connectivity index (χ2n) is 5.33. The Morgan fingerprint density at radius 3 is 2.12 bits per heavy atom. The van der Waals surface area contributed by atoms with Gasteiger partial charge in [-0.3, -0.25) is 4.79 Å². The van der Waals surface area contributed by atoms with Gasteiger partial charge in [-0.25, -0.2) is 9.59 Å². The van der Waals surface area contributed by atoms with Gasteiger partial charge in [0.15, 0.2) is 0 Å². The Morgan fingerprint density at radius 1 is 1.12 bits per heavy atom. The quantitative estimate of drug-likeness (QED) is 0.744. The molecule has 1 aliphatic heterocycles. The first-order valence-corrected chi connectivity index (χ1v) is 7.46. The van der Waals surface area contributed by atoms with Gasteiger partial charge in [-0.05, 0) is 31.0 Å². The van der Waals surface area contributed by atoms with E-state index in [-0.39, 0.29) is 41.2 Å². The molecule has 8 nitrogen and oxygen atoms in total. The van der Waals surface area contributed by atoms with Crippen LogP contribution in [0.2, 0.25) is 0 Å². The lowest BCUT2D eigenvalue weighted by Crippen LogP contribution is -2.30. The average molecular weight is 373 g/mol. The van der Waals surface area contributed by atoms with E-state index in [2.05, 4.69) is 14.8 Å². The van der Waals surface area contributed by atoms with Crippen LogP contribution >= 0.6 is 12.4 Å². The first-order chi connectivity index (χ1) is 11.5. The predicted molar refractivity (Wildman–Crippen MR) is 91.9 cm³/mol. The van der Waals surface area contributed by atoms with E-state index in [1.54, 1.807) is 0 Å². The number of halogens is 1. The van der Waals surface area contributed by atoms with E-state index >= 15 is 0 Å². The number of hydrogen-bond acceptors (Lipinski definition) is 7. The zero-order chi connectivity index (χ0) is 17.7. The number of carbonyl (C=O) groups excluding carboxylic acids is 3. The van der Waals surface area contributed by atoms with Crippen LogP contribution in [0.3, 0.4) is 0 Å².